The van der Waals surface area contributed by atoms with E-state index in [4.69, 9.17) is 5.11 Å². The van der Waals surface area contributed by atoms with Crippen LogP contribution in [0, 0.1) is 0 Å². The number of carbonyl (C=O) groups excluding carboxylic acids is 1. The molecule has 0 saturated heterocycles. The predicted molar refractivity (Wildman–Crippen MR) is 66.4 cm³/mol. The molecule has 18 heavy (non-hydrogen) atoms. The largest absolute Gasteiger partial charge is 0.465 e. The second-order valence-corrected chi connectivity index (χ2v) is 4.55. The Morgan fingerprint density at radius 3 is 2.33 bits per heavy atom. The Bertz CT molecular complexity index is 448. The zero-order valence-electron chi connectivity index (χ0n) is 10.1. The van der Waals surface area contributed by atoms with Crippen LogP contribution in [-0.2, 0) is 17.6 Å². The molecular formula is C13H16N2O3. The number of rotatable bonds is 3. The summed E-state index contributed by atoms with van der Waals surface area (Å²) in [4.78, 5) is 22.2. The van der Waals surface area contributed by atoms with Crippen molar-refractivity contribution in [1.29, 1.82) is 0 Å². The molecule has 1 aromatic rings. The zero-order chi connectivity index (χ0) is 13.1. The minimum Gasteiger partial charge on any atom is -0.465 e. The van der Waals surface area contributed by atoms with E-state index >= 15 is 0 Å². The van der Waals surface area contributed by atoms with Crippen molar-refractivity contribution in [3.05, 3.63) is 35.4 Å². The molecule has 3 N–H and O–H groups in total. The van der Waals surface area contributed by atoms with E-state index in [1.807, 2.05) is 12.1 Å². The summed E-state index contributed by atoms with van der Waals surface area (Å²) >= 11 is 0. The lowest BCUT2D eigenvalue weighted by Crippen LogP contribution is -2.48. The van der Waals surface area contributed by atoms with Crippen LogP contribution in [0.5, 0.6) is 0 Å². The third kappa shape index (κ3) is 2.80. The van der Waals surface area contributed by atoms with E-state index in [1.165, 1.54) is 18.1 Å². The highest BCUT2D eigenvalue weighted by Gasteiger charge is 2.24. The third-order valence-corrected chi connectivity index (χ3v) is 3.13. The number of nitrogens with one attached hydrogen (secondary N) is 2. The Balaban J connectivity index is 1.89. The van der Waals surface area contributed by atoms with Gasteiger partial charge in [-0.2, -0.15) is 0 Å². The van der Waals surface area contributed by atoms with Crippen molar-refractivity contribution in [2.75, 3.05) is 0 Å². The Labute approximate surface area is 105 Å². The molecule has 0 spiro atoms. The highest BCUT2D eigenvalue weighted by Crippen LogP contribution is 2.21. The molecule has 0 saturated carbocycles. The lowest BCUT2D eigenvalue weighted by Gasteiger charge is -2.16. The van der Waals surface area contributed by atoms with Crippen molar-refractivity contribution in [2.24, 2.45) is 0 Å². The van der Waals surface area contributed by atoms with Gasteiger partial charge in [-0.05, 0) is 30.9 Å². The fourth-order valence-corrected chi connectivity index (χ4v) is 2.24. The van der Waals surface area contributed by atoms with Gasteiger partial charge < -0.3 is 15.7 Å². The van der Waals surface area contributed by atoms with Gasteiger partial charge in [0.05, 0.1) is 0 Å². The number of hydrogen-bond acceptors (Lipinski definition) is 2. The van der Waals surface area contributed by atoms with Crippen molar-refractivity contribution in [3.63, 3.8) is 0 Å². The first-order valence-electron chi connectivity index (χ1n) is 5.93. The number of hydrogen-bond donors (Lipinski definition) is 3. The van der Waals surface area contributed by atoms with Gasteiger partial charge in [0, 0.05) is 6.04 Å². The van der Waals surface area contributed by atoms with Gasteiger partial charge in [0.15, 0.2) is 0 Å². The monoisotopic (exact) mass is 248 g/mol. The minimum absolute atomic E-state index is 0.0629. The minimum atomic E-state index is -1.19. The number of amides is 2. The molecule has 1 atom stereocenters. The van der Waals surface area contributed by atoms with E-state index in [0.29, 0.717) is 0 Å². The van der Waals surface area contributed by atoms with E-state index in [1.54, 1.807) is 0 Å². The van der Waals surface area contributed by atoms with Gasteiger partial charge in [-0.3, -0.25) is 4.79 Å². The molecule has 0 heterocycles. The summed E-state index contributed by atoms with van der Waals surface area (Å²) in [6, 6.07) is 7.41. The molecule has 0 radical (unpaired) electrons. The summed E-state index contributed by atoms with van der Waals surface area (Å²) < 4.78 is 0. The van der Waals surface area contributed by atoms with Crippen molar-refractivity contribution < 1.29 is 14.7 Å². The highest BCUT2D eigenvalue weighted by atomic mass is 16.4. The molecule has 0 fully saturated rings. The molecule has 5 nitrogen and oxygen atoms in total. The molecule has 0 unspecified atom stereocenters. The number of benzene rings is 1. The number of carbonyl (C=O) groups is 2. The van der Waals surface area contributed by atoms with E-state index in [9.17, 15) is 9.59 Å². The predicted octanol–water partition coefficient (Wildman–Crippen LogP) is 0.926. The summed E-state index contributed by atoms with van der Waals surface area (Å²) in [6.07, 6.45) is 0.427. The van der Waals surface area contributed by atoms with Crippen LogP contribution >= 0.6 is 0 Å². The molecule has 96 valence electrons. The first kappa shape index (κ1) is 12.4. The Kier molecular flexibility index (Phi) is 3.50. The van der Waals surface area contributed by atoms with Crippen molar-refractivity contribution in [1.82, 2.24) is 10.6 Å². The lowest BCUT2D eigenvalue weighted by atomic mass is 10.1. The molecule has 2 amide bonds. The average Bonchev–Trinajstić information content (AvgIpc) is 2.69. The maximum absolute atomic E-state index is 11.7. The van der Waals surface area contributed by atoms with Crippen LogP contribution in [-0.4, -0.2) is 29.2 Å². The van der Waals surface area contributed by atoms with Gasteiger partial charge in [-0.15, -0.1) is 0 Å². The van der Waals surface area contributed by atoms with Crippen LogP contribution in [0.4, 0.5) is 4.79 Å². The number of fused-ring (bicyclic) bond motifs is 1. The Morgan fingerprint density at radius 1 is 1.28 bits per heavy atom. The molecule has 0 bridgehead atoms. The number of carboxylic acid groups (broad SMARTS) is 1. The fourth-order valence-electron chi connectivity index (χ4n) is 2.24. The van der Waals surface area contributed by atoms with Gasteiger partial charge in [-0.1, -0.05) is 24.3 Å². The first-order chi connectivity index (χ1) is 8.56. The summed E-state index contributed by atoms with van der Waals surface area (Å²) in [7, 11) is 0. The molecule has 2 rings (SSSR count). The van der Waals surface area contributed by atoms with Crippen molar-refractivity contribution >= 4 is 12.0 Å². The Hall–Kier alpha value is -2.04. The summed E-state index contributed by atoms with van der Waals surface area (Å²) in [5, 5.41) is 13.6. The van der Waals surface area contributed by atoms with Crippen LogP contribution in [0.15, 0.2) is 24.3 Å². The molecule has 1 aromatic carbocycles. The first-order valence-corrected chi connectivity index (χ1v) is 5.93. The quantitative estimate of drug-likeness (QED) is 0.744. The van der Waals surface area contributed by atoms with Crippen LogP contribution in [0.1, 0.15) is 18.1 Å². The maximum atomic E-state index is 11.7. The average molecular weight is 248 g/mol. The van der Waals surface area contributed by atoms with Gasteiger partial charge >= 0.3 is 6.09 Å². The summed E-state index contributed by atoms with van der Waals surface area (Å²) in [6.45, 7) is 1.53. The van der Waals surface area contributed by atoms with Crippen molar-refractivity contribution in [3.8, 4) is 0 Å². The van der Waals surface area contributed by atoms with Crippen LogP contribution in [0.2, 0.25) is 0 Å². The van der Waals surface area contributed by atoms with Gasteiger partial charge in [0.1, 0.15) is 6.04 Å². The fraction of sp³-hybridized carbons (Fsp3) is 0.385. The molecule has 0 aromatic heterocycles. The third-order valence-electron chi connectivity index (χ3n) is 3.13. The van der Waals surface area contributed by atoms with Crippen molar-refractivity contribution in [2.45, 2.75) is 31.8 Å². The maximum Gasteiger partial charge on any atom is 0.405 e. The van der Waals surface area contributed by atoms with E-state index < -0.39 is 12.1 Å². The van der Waals surface area contributed by atoms with Crippen LogP contribution < -0.4 is 10.6 Å². The van der Waals surface area contributed by atoms with Crippen LogP contribution in [0.3, 0.4) is 0 Å². The van der Waals surface area contributed by atoms with Crippen LogP contribution in [0.25, 0.3) is 0 Å². The lowest BCUT2D eigenvalue weighted by molar-refractivity contribution is -0.123. The molecule has 1 aliphatic carbocycles. The second kappa shape index (κ2) is 5.08. The summed E-state index contributed by atoms with van der Waals surface area (Å²) in [5.41, 5.74) is 2.50. The Morgan fingerprint density at radius 2 is 1.83 bits per heavy atom. The highest BCUT2D eigenvalue weighted by molar-refractivity contribution is 5.85. The SMILES string of the molecule is C[C@H](NC(=O)O)C(=O)NC1Cc2ccccc2C1. The van der Waals surface area contributed by atoms with E-state index in [2.05, 4.69) is 22.8 Å². The van der Waals surface area contributed by atoms with Gasteiger partial charge in [-0.25, -0.2) is 4.79 Å². The van der Waals surface area contributed by atoms with Gasteiger partial charge in [0.25, 0.3) is 0 Å². The van der Waals surface area contributed by atoms with Gasteiger partial charge in [0.2, 0.25) is 5.91 Å². The smallest absolute Gasteiger partial charge is 0.405 e. The topological polar surface area (TPSA) is 78.4 Å². The normalized spacial score (nSPS) is 15.8. The van der Waals surface area contributed by atoms with E-state index in [-0.39, 0.29) is 11.9 Å². The second-order valence-electron chi connectivity index (χ2n) is 4.55. The molecule has 1 aliphatic rings. The zero-order valence-corrected chi connectivity index (χ0v) is 10.1. The molecule has 5 heteroatoms. The molecule has 0 aliphatic heterocycles. The standard InChI is InChI=1S/C13H16N2O3/c1-8(14-13(17)18)12(16)15-11-6-9-4-2-3-5-10(9)7-11/h2-5,8,11,14H,6-7H2,1H3,(H,15,16)(H,17,18)/t8-/m0/s1. The van der Waals surface area contributed by atoms with E-state index in [0.717, 1.165) is 12.8 Å². The molecular weight excluding hydrogens is 232 g/mol. The summed E-state index contributed by atoms with van der Waals surface area (Å²) in [5.74, 6) is -0.282.